The van der Waals surface area contributed by atoms with E-state index in [9.17, 15) is 15.2 Å². The van der Waals surface area contributed by atoms with E-state index in [0.717, 1.165) is 29.8 Å². The Morgan fingerprint density at radius 1 is 1.28 bits per heavy atom. The van der Waals surface area contributed by atoms with Crippen molar-refractivity contribution >= 4 is 5.69 Å². The summed E-state index contributed by atoms with van der Waals surface area (Å²) in [6.45, 7) is 2.07. The lowest BCUT2D eigenvalue weighted by molar-refractivity contribution is -0.384. The predicted molar refractivity (Wildman–Crippen MR) is 94.5 cm³/mol. The fourth-order valence-corrected chi connectivity index (χ4v) is 3.39. The minimum atomic E-state index is -0.909. The van der Waals surface area contributed by atoms with Crippen molar-refractivity contribution < 1.29 is 14.8 Å². The highest BCUT2D eigenvalue weighted by molar-refractivity contribution is 5.34. The van der Waals surface area contributed by atoms with E-state index in [4.69, 9.17) is 4.74 Å². The first kappa shape index (κ1) is 17.4. The first-order valence-electron chi connectivity index (χ1n) is 8.33. The number of likely N-dealkylation sites (tertiary alicyclic amines) is 1. The number of hydrogen-bond acceptors (Lipinski definition) is 5. The van der Waals surface area contributed by atoms with Gasteiger partial charge in [-0.2, -0.15) is 0 Å². The predicted octanol–water partition coefficient (Wildman–Crippen LogP) is 3.09. The second-order valence-electron chi connectivity index (χ2n) is 6.50. The molecule has 1 N–H and O–H groups in total. The van der Waals surface area contributed by atoms with Gasteiger partial charge in [0.25, 0.3) is 5.69 Å². The van der Waals surface area contributed by atoms with Crippen molar-refractivity contribution in [2.75, 3.05) is 20.2 Å². The number of nitrogens with zero attached hydrogens (tertiary/aromatic N) is 2. The van der Waals surface area contributed by atoms with Crippen molar-refractivity contribution in [3.05, 3.63) is 69.8 Å². The van der Waals surface area contributed by atoms with Crippen molar-refractivity contribution in [2.24, 2.45) is 0 Å². The maximum absolute atomic E-state index is 11.1. The molecule has 1 fully saturated rings. The fraction of sp³-hybridized carbons (Fsp3) is 0.368. The lowest BCUT2D eigenvalue weighted by atomic mass is 9.85. The smallest absolute Gasteiger partial charge is 0.269 e. The van der Waals surface area contributed by atoms with Crippen molar-refractivity contribution in [3.63, 3.8) is 0 Å². The second-order valence-corrected chi connectivity index (χ2v) is 6.50. The Bertz CT molecular complexity index is 747. The Balaban J connectivity index is 1.72. The lowest BCUT2D eigenvalue weighted by Crippen LogP contribution is -2.45. The minimum absolute atomic E-state index is 0.0929. The van der Waals surface area contributed by atoms with Crippen LogP contribution in [0.15, 0.2) is 48.5 Å². The van der Waals surface area contributed by atoms with Gasteiger partial charge in [0.2, 0.25) is 0 Å². The van der Waals surface area contributed by atoms with E-state index in [1.807, 2.05) is 24.3 Å². The minimum Gasteiger partial charge on any atom is -0.497 e. The van der Waals surface area contributed by atoms with Crippen LogP contribution < -0.4 is 4.74 Å². The summed E-state index contributed by atoms with van der Waals surface area (Å²) >= 11 is 0. The van der Waals surface area contributed by atoms with Crippen LogP contribution in [0.25, 0.3) is 0 Å². The molecule has 3 rings (SSSR count). The number of benzene rings is 2. The Kier molecular flexibility index (Phi) is 5.01. The van der Waals surface area contributed by atoms with E-state index in [0.29, 0.717) is 19.5 Å². The fourth-order valence-electron chi connectivity index (χ4n) is 3.39. The number of methoxy groups -OCH3 is 1. The van der Waals surface area contributed by atoms with Gasteiger partial charge in [0, 0.05) is 25.2 Å². The SMILES string of the molecule is COc1cccc(C2(O)CCCN(Cc3ccc([N+](=O)[O-])cc3)C2)c1. The van der Waals surface area contributed by atoms with Gasteiger partial charge in [0.1, 0.15) is 11.4 Å². The summed E-state index contributed by atoms with van der Waals surface area (Å²) in [6.07, 6.45) is 1.59. The van der Waals surface area contributed by atoms with Crippen LogP contribution in [0.2, 0.25) is 0 Å². The first-order chi connectivity index (χ1) is 12.0. The van der Waals surface area contributed by atoms with E-state index in [2.05, 4.69) is 4.90 Å². The van der Waals surface area contributed by atoms with Gasteiger partial charge in [-0.05, 0) is 42.6 Å². The molecular formula is C19H22N2O4. The normalized spacial score (nSPS) is 21.0. The zero-order valence-corrected chi connectivity index (χ0v) is 14.2. The molecule has 0 saturated carbocycles. The summed E-state index contributed by atoms with van der Waals surface area (Å²) < 4.78 is 5.26. The van der Waals surface area contributed by atoms with E-state index in [1.165, 1.54) is 12.1 Å². The average Bonchev–Trinajstić information content (AvgIpc) is 2.62. The summed E-state index contributed by atoms with van der Waals surface area (Å²) in [5, 5.41) is 21.9. The van der Waals surface area contributed by atoms with Crippen molar-refractivity contribution in [1.29, 1.82) is 0 Å². The van der Waals surface area contributed by atoms with Crippen molar-refractivity contribution in [2.45, 2.75) is 25.0 Å². The van der Waals surface area contributed by atoms with Crippen LogP contribution in [-0.2, 0) is 12.1 Å². The number of ether oxygens (including phenoxy) is 1. The average molecular weight is 342 g/mol. The molecule has 1 heterocycles. The molecule has 6 heteroatoms. The number of hydrogen-bond donors (Lipinski definition) is 1. The molecule has 1 unspecified atom stereocenters. The molecule has 0 amide bonds. The van der Waals surface area contributed by atoms with Gasteiger partial charge in [-0.1, -0.05) is 24.3 Å². The third-order valence-corrected chi connectivity index (χ3v) is 4.71. The van der Waals surface area contributed by atoms with E-state index >= 15 is 0 Å². The number of aliphatic hydroxyl groups is 1. The summed E-state index contributed by atoms with van der Waals surface area (Å²) in [5.41, 5.74) is 1.05. The molecular weight excluding hydrogens is 320 g/mol. The summed E-state index contributed by atoms with van der Waals surface area (Å²) in [4.78, 5) is 12.5. The van der Waals surface area contributed by atoms with E-state index in [1.54, 1.807) is 19.2 Å². The first-order valence-corrected chi connectivity index (χ1v) is 8.33. The summed E-state index contributed by atoms with van der Waals surface area (Å²) in [5.74, 6) is 0.735. The van der Waals surface area contributed by atoms with Gasteiger partial charge in [-0.3, -0.25) is 15.0 Å². The molecule has 1 atom stereocenters. The molecule has 2 aromatic carbocycles. The number of rotatable bonds is 5. The van der Waals surface area contributed by atoms with Gasteiger partial charge in [-0.25, -0.2) is 0 Å². The lowest BCUT2D eigenvalue weighted by Gasteiger charge is -2.39. The zero-order valence-electron chi connectivity index (χ0n) is 14.2. The number of nitro benzene ring substituents is 1. The molecule has 0 radical (unpaired) electrons. The highest BCUT2D eigenvalue weighted by atomic mass is 16.6. The third kappa shape index (κ3) is 3.97. The molecule has 1 aliphatic rings. The Labute approximate surface area is 146 Å². The monoisotopic (exact) mass is 342 g/mol. The number of β-amino-alcohol motifs (C(OH)–C–C–N with tert-alkyl or cyclic N) is 1. The van der Waals surface area contributed by atoms with Gasteiger partial charge in [-0.15, -0.1) is 0 Å². The molecule has 1 aliphatic heterocycles. The molecule has 0 aromatic heterocycles. The van der Waals surface area contributed by atoms with Crippen molar-refractivity contribution in [3.8, 4) is 5.75 Å². The Hall–Kier alpha value is -2.44. The zero-order chi connectivity index (χ0) is 17.9. The van der Waals surface area contributed by atoms with Crippen LogP contribution >= 0.6 is 0 Å². The largest absolute Gasteiger partial charge is 0.497 e. The molecule has 0 bridgehead atoms. The van der Waals surface area contributed by atoms with Crippen molar-refractivity contribution in [1.82, 2.24) is 4.90 Å². The van der Waals surface area contributed by atoms with Gasteiger partial charge in [0.05, 0.1) is 12.0 Å². The standard InChI is InChI=1S/C19H22N2O4/c1-25-18-5-2-4-16(12-18)19(22)10-3-11-20(14-19)13-15-6-8-17(9-7-15)21(23)24/h2,4-9,12,22H,3,10-11,13-14H2,1H3. The topological polar surface area (TPSA) is 75.8 Å². The summed E-state index contributed by atoms with van der Waals surface area (Å²) in [7, 11) is 1.62. The Morgan fingerprint density at radius 2 is 2.04 bits per heavy atom. The van der Waals surface area contributed by atoms with Gasteiger partial charge >= 0.3 is 0 Å². The maximum atomic E-state index is 11.1. The highest BCUT2D eigenvalue weighted by Gasteiger charge is 2.35. The third-order valence-electron chi connectivity index (χ3n) is 4.71. The Morgan fingerprint density at radius 3 is 2.72 bits per heavy atom. The van der Waals surface area contributed by atoms with Crippen LogP contribution in [0, 0.1) is 10.1 Å². The van der Waals surface area contributed by atoms with Gasteiger partial charge in [0.15, 0.2) is 0 Å². The molecule has 6 nitrogen and oxygen atoms in total. The second kappa shape index (κ2) is 7.21. The molecule has 0 spiro atoms. The van der Waals surface area contributed by atoms with Crippen LogP contribution in [0.1, 0.15) is 24.0 Å². The number of non-ortho nitro benzene ring substituents is 1. The number of nitro groups is 1. The van der Waals surface area contributed by atoms with Crippen LogP contribution in [0.3, 0.4) is 0 Å². The number of piperidine rings is 1. The highest BCUT2D eigenvalue weighted by Crippen LogP contribution is 2.33. The summed E-state index contributed by atoms with van der Waals surface area (Å²) in [6, 6.07) is 14.2. The van der Waals surface area contributed by atoms with E-state index < -0.39 is 10.5 Å². The maximum Gasteiger partial charge on any atom is 0.269 e. The molecule has 0 aliphatic carbocycles. The van der Waals surface area contributed by atoms with Crippen LogP contribution in [0.5, 0.6) is 5.75 Å². The van der Waals surface area contributed by atoms with Crippen LogP contribution in [-0.4, -0.2) is 35.1 Å². The van der Waals surface area contributed by atoms with Crippen LogP contribution in [0.4, 0.5) is 5.69 Å². The van der Waals surface area contributed by atoms with Gasteiger partial charge < -0.3 is 9.84 Å². The quantitative estimate of drug-likeness (QED) is 0.667. The molecule has 2 aromatic rings. The molecule has 25 heavy (non-hydrogen) atoms. The molecule has 1 saturated heterocycles. The molecule has 132 valence electrons. The van der Waals surface area contributed by atoms with E-state index in [-0.39, 0.29) is 5.69 Å².